The molecule has 0 fully saturated rings. The highest BCUT2D eigenvalue weighted by molar-refractivity contribution is 7.93. The van der Waals surface area contributed by atoms with E-state index in [4.69, 9.17) is 42.4 Å². The molecule has 0 atom stereocenters. The number of hydrogen-bond acceptors (Lipinski definition) is 13. The summed E-state index contributed by atoms with van der Waals surface area (Å²) < 4.78 is 156. The number of sulfonamides is 2. The van der Waals surface area contributed by atoms with Crippen LogP contribution in [0.5, 0.6) is 0 Å². The fourth-order valence-electron chi connectivity index (χ4n) is 10.9. The zero-order valence-electron chi connectivity index (χ0n) is 47.8. The van der Waals surface area contributed by atoms with E-state index in [1.165, 1.54) is 52.1 Å². The number of ketones is 2. The lowest BCUT2D eigenvalue weighted by Gasteiger charge is -2.44. The standard InChI is InChI=1S/C34H42ClF3N4O5SSi.C23H18ClF3N4O4S.CH4/c1-20(2)49(21(3)4,22(5)6)42-13-12-26-30(23(7)16-40-33(26)42)32(43)31-29(14-24(17-39-31)18-46-8)41(19-47-9)48(44,45)25-10-11-28(35)27(15-25)34(36,37)38;1-12-9-30-22-15(5-6-28-22)19(12)21(32)20-18(7-13(10-29-20)11-35-2)31-36(33,34)14-3-4-17(24)16(8-14)23(25,26)27;/h10-17,20-22H,18-19H2,1-9H3;3-10,31H,11H2,1-2H3,(H,28,30);1H4. The van der Waals surface area contributed by atoms with E-state index >= 15 is 0 Å². The second-order valence-corrected chi connectivity index (χ2v) is 30.9. The summed E-state index contributed by atoms with van der Waals surface area (Å²) in [6.07, 6.45) is -0.328. The maximum absolute atomic E-state index is 14.7. The van der Waals surface area contributed by atoms with Crippen LogP contribution >= 0.6 is 23.2 Å². The van der Waals surface area contributed by atoms with Crippen molar-refractivity contribution in [2.45, 2.75) is 115 Å². The zero-order chi connectivity index (χ0) is 62.9. The highest BCUT2D eigenvalue weighted by atomic mass is 35.5. The molecule has 0 aliphatic carbocycles. The molecule has 8 aromatic rings. The molecule has 462 valence electrons. The molecule has 28 heteroatoms. The van der Waals surface area contributed by atoms with Gasteiger partial charge in [-0.15, -0.1) is 0 Å². The average Bonchev–Trinajstić information content (AvgIpc) is 1.60. The van der Waals surface area contributed by atoms with E-state index in [-0.39, 0.29) is 54.5 Å². The van der Waals surface area contributed by atoms with Gasteiger partial charge in [-0.3, -0.25) is 24.3 Å². The second kappa shape index (κ2) is 26.7. The first-order valence-electron chi connectivity index (χ1n) is 26.0. The smallest absolute Gasteiger partial charge is 0.380 e. The van der Waals surface area contributed by atoms with Gasteiger partial charge in [-0.1, -0.05) is 72.2 Å². The summed E-state index contributed by atoms with van der Waals surface area (Å²) in [6, 6.07) is 10.8. The summed E-state index contributed by atoms with van der Waals surface area (Å²) >= 11 is 11.4. The van der Waals surface area contributed by atoms with Gasteiger partial charge in [-0.05, 0) is 120 Å². The molecule has 0 aliphatic rings. The fraction of sp³-hybridized carbons (Fsp3) is 0.345. The van der Waals surface area contributed by atoms with Gasteiger partial charge < -0.3 is 23.4 Å². The number of alkyl halides is 6. The molecule has 0 radical (unpaired) electrons. The molecule has 8 rings (SSSR count). The monoisotopic (exact) mass is 1290 g/mol. The Morgan fingerprint density at radius 1 is 0.663 bits per heavy atom. The van der Waals surface area contributed by atoms with Gasteiger partial charge >= 0.3 is 12.4 Å². The number of benzene rings is 2. The van der Waals surface area contributed by atoms with Crippen LogP contribution in [0.25, 0.3) is 22.1 Å². The lowest BCUT2D eigenvalue weighted by Crippen LogP contribution is -2.51. The molecule has 17 nitrogen and oxygen atoms in total. The van der Waals surface area contributed by atoms with E-state index in [1.807, 2.05) is 12.3 Å². The number of hydrogen-bond donors (Lipinski definition) is 2. The number of aromatic nitrogens is 6. The number of halogens is 8. The van der Waals surface area contributed by atoms with Gasteiger partial charge in [0.05, 0.1) is 55.6 Å². The van der Waals surface area contributed by atoms with Crippen molar-refractivity contribution in [2.75, 3.05) is 37.1 Å². The first-order valence-corrected chi connectivity index (χ1v) is 31.9. The topological polar surface area (TPSA) is 218 Å². The SMILES string of the molecule is C.COCc1cnc(C(=O)c2c(C)cnc3[nH]ccc23)c(NS(=O)(=O)c2ccc(Cl)c(C(F)(F)F)c2)c1.COCc1cnc(C(=O)c2c(C)cnc3c2ccn3[Si](C(C)C)(C(C)C)C(C)C)c(N(COC)S(=O)(=O)c2ccc(Cl)c(C(F)(F)F)c2)c1. The molecule has 86 heavy (non-hydrogen) atoms. The molecule has 0 saturated carbocycles. The first-order chi connectivity index (χ1) is 39.8. The van der Waals surface area contributed by atoms with Crippen molar-refractivity contribution in [1.82, 2.24) is 29.2 Å². The van der Waals surface area contributed by atoms with E-state index < -0.39 is 89.9 Å². The van der Waals surface area contributed by atoms with E-state index in [0.717, 1.165) is 28.6 Å². The lowest BCUT2D eigenvalue weighted by molar-refractivity contribution is -0.138. The van der Waals surface area contributed by atoms with E-state index in [9.17, 15) is 52.8 Å². The number of ether oxygens (including phenoxy) is 3. The van der Waals surface area contributed by atoms with E-state index in [1.54, 1.807) is 32.3 Å². The maximum atomic E-state index is 14.7. The van der Waals surface area contributed by atoms with Crippen molar-refractivity contribution in [1.29, 1.82) is 0 Å². The summed E-state index contributed by atoms with van der Waals surface area (Å²) in [5.74, 6) is -1.19. The predicted octanol–water partition coefficient (Wildman–Crippen LogP) is 14.4. The van der Waals surface area contributed by atoms with Crippen LogP contribution in [0.4, 0.5) is 37.7 Å². The number of carbonyl (C=O) groups excluding carboxylic acids is 2. The normalized spacial score (nSPS) is 12.4. The number of nitrogens with one attached hydrogen (secondary N) is 2. The maximum Gasteiger partial charge on any atom is 0.417 e. The number of aromatic amines is 1. The molecule has 0 aliphatic heterocycles. The number of H-pyrrole nitrogens is 1. The number of methoxy groups -OCH3 is 3. The Labute approximate surface area is 505 Å². The number of nitrogens with zero attached hydrogens (tertiary/aromatic N) is 6. The summed E-state index contributed by atoms with van der Waals surface area (Å²) in [4.78, 5) is 47.4. The molecule has 0 saturated heterocycles. The van der Waals surface area contributed by atoms with Crippen LogP contribution in [-0.2, 0) is 59.8 Å². The summed E-state index contributed by atoms with van der Waals surface area (Å²) in [5.41, 5.74) is 1.03. The zero-order valence-corrected chi connectivity index (χ0v) is 51.9. The number of anilines is 2. The largest absolute Gasteiger partial charge is 0.417 e. The number of pyridine rings is 4. The first kappa shape index (κ1) is 68.3. The van der Waals surface area contributed by atoms with Gasteiger partial charge in [-0.2, -0.15) is 26.3 Å². The number of carbonyl (C=O) groups is 2. The predicted molar refractivity (Wildman–Crippen MR) is 321 cm³/mol. The molecule has 0 bridgehead atoms. The molecular formula is C58H64Cl2F6N8O9S2Si. The highest BCUT2D eigenvalue weighted by Gasteiger charge is 2.47. The van der Waals surface area contributed by atoms with Crippen LogP contribution in [-0.4, -0.2) is 93.9 Å². The minimum Gasteiger partial charge on any atom is -0.380 e. The van der Waals surface area contributed by atoms with Gasteiger partial charge in [0.1, 0.15) is 29.4 Å². The Kier molecular flexibility index (Phi) is 21.2. The van der Waals surface area contributed by atoms with Gasteiger partial charge in [0.2, 0.25) is 11.6 Å². The Bertz CT molecular complexity index is 4050. The van der Waals surface area contributed by atoms with E-state index in [0.29, 0.717) is 73.1 Å². The highest BCUT2D eigenvalue weighted by Crippen LogP contribution is 2.45. The van der Waals surface area contributed by atoms with Crippen LogP contribution in [0.2, 0.25) is 26.7 Å². The molecule has 6 heterocycles. The van der Waals surface area contributed by atoms with Crippen molar-refractivity contribution >= 4 is 96.5 Å². The van der Waals surface area contributed by atoms with Crippen molar-refractivity contribution in [3.63, 3.8) is 0 Å². The van der Waals surface area contributed by atoms with Gasteiger partial charge in [-0.25, -0.2) is 31.1 Å². The van der Waals surface area contributed by atoms with Crippen LogP contribution in [0.15, 0.2) is 108 Å². The summed E-state index contributed by atoms with van der Waals surface area (Å²) in [5, 5.41) is -0.215. The third-order valence-electron chi connectivity index (χ3n) is 14.4. The van der Waals surface area contributed by atoms with Crippen LogP contribution in [0.3, 0.4) is 0 Å². The Hall–Kier alpha value is -6.78. The molecule has 0 unspecified atom stereocenters. The molecule has 0 amide bonds. The Morgan fingerprint density at radius 3 is 1.70 bits per heavy atom. The number of aryl methyl sites for hydroxylation is 2. The second-order valence-electron chi connectivity index (χ2n) is 20.8. The van der Waals surface area contributed by atoms with Crippen molar-refractivity contribution in [3.8, 4) is 0 Å². The quantitative estimate of drug-likeness (QED) is 0.0314. The molecular weight excluding hydrogens is 1230 g/mol. The minimum absolute atomic E-state index is 0. The Morgan fingerprint density at radius 2 is 1.16 bits per heavy atom. The molecule has 2 N–H and O–H groups in total. The number of fused-ring (bicyclic) bond motifs is 2. The Balaban J connectivity index is 0.000000284. The van der Waals surface area contributed by atoms with Gasteiger partial charge in [0.15, 0.2) is 8.24 Å². The van der Waals surface area contributed by atoms with Crippen LogP contribution in [0.1, 0.15) is 114 Å². The van der Waals surface area contributed by atoms with Crippen LogP contribution < -0.4 is 9.03 Å². The van der Waals surface area contributed by atoms with Gasteiger partial charge in [0, 0.05) is 74.2 Å². The molecule has 2 aromatic carbocycles. The van der Waals surface area contributed by atoms with Crippen LogP contribution in [0, 0.1) is 13.8 Å². The third-order valence-corrected chi connectivity index (χ3v) is 24.9. The van der Waals surface area contributed by atoms with Crippen molar-refractivity contribution in [2.24, 2.45) is 0 Å². The summed E-state index contributed by atoms with van der Waals surface area (Å²) in [7, 11) is -7.57. The lowest BCUT2D eigenvalue weighted by atomic mass is 9.99. The fourth-order valence-corrected chi connectivity index (χ4v) is 20.4. The van der Waals surface area contributed by atoms with E-state index in [2.05, 4.69) is 70.4 Å². The average molecular weight is 1290 g/mol. The number of rotatable bonds is 20. The minimum atomic E-state index is -4.92. The van der Waals surface area contributed by atoms with Crippen molar-refractivity contribution in [3.05, 3.63) is 164 Å². The molecule has 0 spiro atoms. The van der Waals surface area contributed by atoms with Crippen molar-refractivity contribution < 1.29 is 67.0 Å². The summed E-state index contributed by atoms with van der Waals surface area (Å²) in [6.45, 7) is 16.2. The molecule has 6 aromatic heterocycles. The third kappa shape index (κ3) is 13.5. The van der Waals surface area contributed by atoms with Gasteiger partial charge in [0.25, 0.3) is 20.0 Å².